The zero-order chi connectivity index (χ0) is 12.8. The summed E-state index contributed by atoms with van der Waals surface area (Å²) in [4.78, 5) is 4.87. The Morgan fingerprint density at radius 3 is 2.59 bits per heavy atom. The van der Waals surface area contributed by atoms with E-state index in [9.17, 15) is 0 Å². The van der Waals surface area contributed by atoms with Crippen LogP contribution in [0.3, 0.4) is 0 Å². The summed E-state index contributed by atoms with van der Waals surface area (Å²) in [5.41, 5.74) is 5.78. The summed E-state index contributed by atoms with van der Waals surface area (Å²) in [6, 6.07) is 0.638. The molecule has 0 aliphatic carbocycles. The van der Waals surface area contributed by atoms with Crippen molar-refractivity contribution in [2.24, 2.45) is 17.6 Å². The predicted octanol–water partition coefficient (Wildman–Crippen LogP) is 0.0527. The van der Waals surface area contributed by atoms with E-state index in [4.69, 9.17) is 5.73 Å². The number of nitrogens with one attached hydrogen (secondary N) is 1. The van der Waals surface area contributed by atoms with E-state index in [-0.39, 0.29) is 0 Å². The van der Waals surface area contributed by atoms with Gasteiger partial charge in [-0.2, -0.15) is 0 Å². The normalized spacial score (nSPS) is 25.4. The number of hydrogen-bond acceptors (Lipinski definition) is 4. The topological polar surface area (TPSA) is 44.5 Å². The van der Waals surface area contributed by atoms with Crippen LogP contribution in [0.5, 0.6) is 0 Å². The molecule has 0 spiro atoms. The lowest BCUT2D eigenvalue weighted by atomic mass is 9.96. The smallest absolute Gasteiger partial charge is 0.0345 e. The second kappa shape index (κ2) is 7.31. The summed E-state index contributed by atoms with van der Waals surface area (Å²) in [7, 11) is 4.43. The lowest BCUT2D eigenvalue weighted by molar-refractivity contribution is 0.112. The minimum atomic E-state index is 0.599. The van der Waals surface area contributed by atoms with E-state index in [2.05, 4.69) is 43.1 Å². The molecule has 0 saturated carbocycles. The molecular weight excluding hydrogens is 212 g/mol. The predicted molar refractivity (Wildman–Crippen MR) is 74.2 cm³/mol. The molecule has 1 fully saturated rings. The highest BCUT2D eigenvalue weighted by atomic mass is 15.3. The highest BCUT2D eigenvalue weighted by molar-refractivity contribution is 4.80. The molecule has 0 aromatic carbocycles. The van der Waals surface area contributed by atoms with Crippen LogP contribution in [0.25, 0.3) is 0 Å². The van der Waals surface area contributed by atoms with Crippen molar-refractivity contribution in [1.82, 2.24) is 15.1 Å². The largest absolute Gasteiger partial charge is 0.330 e. The monoisotopic (exact) mass is 242 g/mol. The van der Waals surface area contributed by atoms with E-state index >= 15 is 0 Å². The fourth-order valence-electron chi connectivity index (χ4n) is 2.35. The van der Waals surface area contributed by atoms with Gasteiger partial charge in [0.2, 0.25) is 0 Å². The quantitative estimate of drug-likeness (QED) is 0.691. The van der Waals surface area contributed by atoms with E-state index in [1.165, 1.54) is 19.6 Å². The molecule has 1 aliphatic heterocycles. The number of nitrogens with two attached hydrogens (primary N) is 1. The van der Waals surface area contributed by atoms with Crippen molar-refractivity contribution in [3.8, 4) is 0 Å². The van der Waals surface area contributed by atoms with E-state index < -0.39 is 0 Å². The van der Waals surface area contributed by atoms with Gasteiger partial charge in [-0.1, -0.05) is 13.8 Å². The van der Waals surface area contributed by atoms with E-state index in [0.717, 1.165) is 19.6 Å². The second-order valence-corrected chi connectivity index (χ2v) is 5.79. The van der Waals surface area contributed by atoms with Crippen molar-refractivity contribution in [1.29, 1.82) is 0 Å². The average Bonchev–Trinajstić information content (AvgIpc) is 2.28. The van der Waals surface area contributed by atoms with Crippen LogP contribution in [0.1, 0.15) is 13.8 Å². The molecule has 0 aromatic rings. The standard InChI is InChI=1S/C13H30N4/c1-11(2)12(7-14)8-15-9-13-10-16(3)5-6-17(13)4/h11-13,15H,5-10,14H2,1-4H3. The first-order valence-electron chi connectivity index (χ1n) is 6.84. The van der Waals surface area contributed by atoms with E-state index in [0.29, 0.717) is 17.9 Å². The molecule has 2 unspecified atom stereocenters. The van der Waals surface area contributed by atoms with Crippen LogP contribution in [-0.4, -0.2) is 69.2 Å². The molecule has 0 amide bonds. The molecule has 4 nitrogen and oxygen atoms in total. The number of hydrogen-bond donors (Lipinski definition) is 2. The number of likely N-dealkylation sites (N-methyl/N-ethyl adjacent to an activating group) is 2. The first-order valence-corrected chi connectivity index (χ1v) is 6.84. The molecule has 17 heavy (non-hydrogen) atoms. The maximum atomic E-state index is 5.78. The average molecular weight is 242 g/mol. The Morgan fingerprint density at radius 1 is 1.29 bits per heavy atom. The van der Waals surface area contributed by atoms with Gasteiger partial charge in [0, 0.05) is 32.2 Å². The summed E-state index contributed by atoms with van der Waals surface area (Å²) < 4.78 is 0. The lowest BCUT2D eigenvalue weighted by Gasteiger charge is -2.38. The van der Waals surface area contributed by atoms with Gasteiger partial charge in [-0.25, -0.2) is 0 Å². The Morgan fingerprint density at radius 2 is 2.00 bits per heavy atom. The molecule has 0 aromatic heterocycles. The molecule has 2 atom stereocenters. The van der Waals surface area contributed by atoms with E-state index in [1.807, 2.05) is 0 Å². The minimum absolute atomic E-state index is 0.599. The van der Waals surface area contributed by atoms with Crippen molar-refractivity contribution in [2.75, 3.05) is 53.4 Å². The maximum absolute atomic E-state index is 5.78. The second-order valence-electron chi connectivity index (χ2n) is 5.79. The van der Waals surface area contributed by atoms with Crippen molar-refractivity contribution >= 4 is 0 Å². The summed E-state index contributed by atoms with van der Waals surface area (Å²) >= 11 is 0. The van der Waals surface area contributed by atoms with Gasteiger partial charge in [0.25, 0.3) is 0 Å². The molecule has 3 N–H and O–H groups in total. The van der Waals surface area contributed by atoms with Gasteiger partial charge >= 0.3 is 0 Å². The Labute approximate surface area is 107 Å². The Balaban J connectivity index is 2.24. The van der Waals surface area contributed by atoms with Crippen molar-refractivity contribution in [3.63, 3.8) is 0 Å². The van der Waals surface area contributed by atoms with Crippen LogP contribution in [0.4, 0.5) is 0 Å². The van der Waals surface area contributed by atoms with Crippen LogP contribution >= 0.6 is 0 Å². The molecule has 0 radical (unpaired) electrons. The van der Waals surface area contributed by atoms with Crippen molar-refractivity contribution < 1.29 is 0 Å². The highest BCUT2D eigenvalue weighted by Gasteiger charge is 2.22. The highest BCUT2D eigenvalue weighted by Crippen LogP contribution is 2.08. The minimum Gasteiger partial charge on any atom is -0.330 e. The van der Waals surface area contributed by atoms with Gasteiger partial charge in [0.1, 0.15) is 0 Å². The third-order valence-electron chi connectivity index (χ3n) is 4.01. The van der Waals surface area contributed by atoms with Gasteiger partial charge in [-0.05, 0) is 39.0 Å². The fraction of sp³-hybridized carbons (Fsp3) is 1.00. The fourth-order valence-corrected chi connectivity index (χ4v) is 2.35. The van der Waals surface area contributed by atoms with Gasteiger partial charge in [-0.15, -0.1) is 0 Å². The Kier molecular flexibility index (Phi) is 6.41. The van der Waals surface area contributed by atoms with Gasteiger partial charge < -0.3 is 16.0 Å². The summed E-state index contributed by atoms with van der Waals surface area (Å²) in [6.45, 7) is 10.9. The summed E-state index contributed by atoms with van der Waals surface area (Å²) in [6.07, 6.45) is 0. The lowest BCUT2D eigenvalue weighted by Crippen LogP contribution is -2.54. The molecule has 0 bridgehead atoms. The third kappa shape index (κ3) is 4.92. The van der Waals surface area contributed by atoms with Crippen LogP contribution < -0.4 is 11.1 Å². The van der Waals surface area contributed by atoms with E-state index in [1.54, 1.807) is 0 Å². The SMILES string of the molecule is CC(C)C(CN)CNCC1CN(C)CCN1C. The molecule has 1 aliphatic rings. The van der Waals surface area contributed by atoms with Crippen LogP contribution in [-0.2, 0) is 0 Å². The van der Waals surface area contributed by atoms with Crippen molar-refractivity contribution in [2.45, 2.75) is 19.9 Å². The van der Waals surface area contributed by atoms with Gasteiger partial charge in [0.05, 0.1) is 0 Å². The number of rotatable bonds is 6. The molecule has 1 heterocycles. The summed E-state index contributed by atoms with van der Waals surface area (Å²) in [5, 5.41) is 3.59. The summed E-state index contributed by atoms with van der Waals surface area (Å²) in [5.74, 6) is 1.26. The molecule has 1 saturated heterocycles. The number of piperazine rings is 1. The first kappa shape index (κ1) is 14.9. The van der Waals surface area contributed by atoms with Gasteiger partial charge in [-0.3, -0.25) is 4.90 Å². The van der Waals surface area contributed by atoms with Gasteiger partial charge in [0.15, 0.2) is 0 Å². The molecule has 1 rings (SSSR count). The zero-order valence-corrected chi connectivity index (χ0v) is 11.9. The molecule has 4 heteroatoms. The molecule has 102 valence electrons. The molecular formula is C13H30N4. The first-order chi connectivity index (χ1) is 8.04. The zero-order valence-electron chi connectivity index (χ0n) is 11.9. The Bertz CT molecular complexity index is 208. The third-order valence-corrected chi connectivity index (χ3v) is 4.01. The number of nitrogens with zero attached hydrogens (tertiary/aromatic N) is 2. The van der Waals surface area contributed by atoms with Crippen molar-refractivity contribution in [3.05, 3.63) is 0 Å². The Hall–Kier alpha value is -0.160. The van der Waals surface area contributed by atoms with Crippen LogP contribution in [0.15, 0.2) is 0 Å². The maximum Gasteiger partial charge on any atom is 0.0345 e. The van der Waals surface area contributed by atoms with Crippen LogP contribution in [0.2, 0.25) is 0 Å². The van der Waals surface area contributed by atoms with Crippen LogP contribution in [0, 0.1) is 11.8 Å².